The van der Waals surface area contributed by atoms with Gasteiger partial charge in [0.25, 0.3) is 0 Å². The minimum absolute atomic E-state index is 0.300. The molecule has 0 aromatic carbocycles. The third-order valence-electron chi connectivity index (χ3n) is 1.70. The molecule has 0 aliphatic carbocycles. The van der Waals surface area contributed by atoms with E-state index in [1.54, 1.807) is 0 Å². The Labute approximate surface area is 72.1 Å². The number of hydrogen-bond donors (Lipinski definition) is 0. The number of nitrogens with zero attached hydrogens (tertiary/aromatic N) is 2. The maximum atomic E-state index is 5.18. The van der Waals surface area contributed by atoms with E-state index in [0.29, 0.717) is 23.1 Å². The first-order valence-electron chi connectivity index (χ1n) is 3.43. The van der Waals surface area contributed by atoms with Crippen LogP contribution in [0.15, 0.2) is 9.26 Å². The number of ether oxygens (including phenoxy) is 1. The van der Waals surface area contributed by atoms with E-state index in [0.717, 1.165) is 13.0 Å². The molecule has 11 heavy (non-hydrogen) atoms. The van der Waals surface area contributed by atoms with Gasteiger partial charge in [-0.3, -0.25) is 0 Å². The second kappa shape index (κ2) is 2.91. The highest BCUT2D eigenvalue weighted by molar-refractivity contribution is 9.10. The second-order valence-corrected chi connectivity index (χ2v) is 3.17. The van der Waals surface area contributed by atoms with Gasteiger partial charge in [-0.05, 0) is 27.5 Å². The van der Waals surface area contributed by atoms with Crippen molar-refractivity contribution in [2.75, 3.05) is 13.2 Å². The van der Waals surface area contributed by atoms with E-state index in [1.807, 2.05) is 0 Å². The molecule has 5 heteroatoms. The molecular weight excluding hydrogens is 212 g/mol. The molecule has 2 rings (SSSR count). The van der Waals surface area contributed by atoms with Gasteiger partial charge in [-0.15, -0.1) is 0 Å². The second-order valence-electron chi connectivity index (χ2n) is 2.46. The topological polar surface area (TPSA) is 48.2 Å². The van der Waals surface area contributed by atoms with Crippen LogP contribution >= 0.6 is 15.9 Å². The summed E-state index contributed by atoms with van der Waals surface area (Å²) in [5.41, 5.74) is 0. The first-order valence-corrected chi connectivity index (χ1v) is 4.22. The first-order chi connectivity index (χ1) is 5.36. The van der Waals surface area contributed by atoms with Crippen molar-refractivity contribution >= 4 is 15.9 Å². The fraction of sp³-hybridized carbons (Fsp3) is 0.667. The van der Waals surface area contributed by atoms with E-state index in [2.05, 4.69) is 26.1 Å². The first kappa shape index (κ1) is 7.24. The van der Waals surface area contributed by atoms with Gasteiger partial charge in [-0.25, -0.2) is 0 Å². The molecule has 0 radical (unpaired) electrons. The molecule has 1 fully saturated rings. The van der Waals surface area contributed by atoms with Crippen molar-refractivity contribution in [1.29, 1.82) is 0 Å². The van der Waals surface area contributed by atoms with Gasteiger partial charge in [0, 0.05) is 6.61 Å². The Morgan fingerprint density at radius 1 is 1.55 bits per heavy atom. The van der Waals surface area contributed by atoms with E-state index < -0.39 is 0 Å². The summed E-state index contributed by atoms with van der Waals surface area (Å²) in [7, 11) is 0. The van der Waals surface area contributed by atoms with Gasteiger partial charge in [0.1, 0.15) is 0 Å². The van der Waals surface area contributed by atoms with Crippen molar-refractivity contribution in [2.45, 2.75) is 12.3 Å². The smallest absolute Gasteiger partial charge is 0.238 e. The highest BCUT2D eigenvalue weighted by atomic mass is 79.9. The number of aromatic nitrogens is 2. The highest BCUT2D eigenvalue weighted by Crippen LogP contribution is 2.23. The monoisotopic (exact) mass is 218 g/mol. The van der Waals surface area contributed by atoms with Crippen LogP contribution in [0.3, 0.4) is 0 Å². The van der Waals surface area contributed by atoms with Crippen LogP contribution in [-0.4, -0.2) is 23.4 Å². The Kier molecular flexibility index (Phi) is 1.91. The SMILES string of the molecule is Brc1noc(C2CCOC2)n1. The molecule has 1 aliphatic rings. The summed E-state index contributed by atoms with van der Waals surface area (Å²) in [5.74, 6) is 0.975. The average Bonchev–Trinajstić information content (AvgIpc) is 2.55. The van der Waals surface area contributed by atoms with E-state index in [1.165, 1.54) is 0 Å². The van der Waals surface area contributed by atoms with Crippen LogP contribution in [-0.2, 0) is 4.74 Å². The van der Waals surface area contributed by atoms with Gasteiger partial charge in [-0.1, -0.05) is 0 Å². The zero-order valence-corrected chi connectivity index (χ0v) is 7.37. The summed E-state index contributed by atoms with van der Waals surface area (Å²) in [6, 6.07) is 0. The van der Waals surface area contributed by atoms with Crippen molar-refractivity contribution in [1.82, 2.24) is 10.1 Å². The summed E-state index contributed by atoms with van der Waals surface area (Å²) < 4.78 is 10.7. The third kappa shape index (κ3) is 1.44. The van der Waals surface area contributed by atoms with Crippen molar-refractivity contribution in [3.05, 3.63) is 10.6 Å². The van der Waals surface area contributed by atoms with Crippen LogP contribution < -0.4 is 0 Å². The fourth-order valence-corrected chi connectivity index (χ4v) is 1.36. The molecule has 1 atom stereocenters. The lowest BCUT2D eigenvalue weighted by molar-refractivity contribution is 0.189. The van der Waals surface area contributed by atoms with E-state index in [9.17, 15) is 0 Å². The minimum atomic E-state index is 0.300. The lowest BCUT2D eigenvalue weighted by Crippen LogP contribution is -1.96. The van der Waals surface area contributed by atoms with Crippen LogP contribution in [0.1, 0.15) is 18.2 Å². The molecule has 1 unspecified atom stereocenters. The normalized spacial score (nSPS) is 24.3. The van der Waals surface area contributed by atoms with E-state index in [4.69, 9.17) is 9.26 Å². The van der Waals surface area contributed by atoms with Gasteiger partial charge in [0.15, 0.2) is 0 Å². The zero-order valence-electron chi connectivity index (χ0n) is 5.79. The summed E-state index contributed by atoms with van der Waals surface area (Å²) >= 11 is 3.12. The Hall–Kier alpha value is -0.420. The molecule has 60 valence electrons. The quantitative estimate of drug-likeness (QED) is 0.714. The predicted molar refractivity (Wildman–Crippen MR) is 40.2 cm³/mol. The molecule has 2 heterocycles. The maximum Gasteiger partial charge on any atom is 0.238 e. The van der Waals surface area contributed by atoms with Crippen molar-refractivity contribution < 1.29 is 9.26 Å². The predicted octanol–water partition coefficient (Wildman–Crippen LogP) is 1.34. The summed E-state index contributed by atoms with van der Waals surface area (Å²) in [4.78, 5) is 4.05. The molecular formula is C6H7BrN2O2. The molecule has 1 aromatic rings. The lowest BCUT2D eigenvalue weighted by Gasteiger charge is -1.96. The highest BCUT2D eigenvalue weighted by Gasteiger charge is 2.23. The van der Waals surface area contributed by atoms with Gasteiger partial charge in [0.2, 0.25) is 10.6 Å². The van der Waals surface area contributed by atoms with Gasteiger partial charge >= 0.3 is 0 Å². The Balaban J connectivity index is 2.15. The van der Waals surface area contributed by atoms with Crippen LogP contribution in [0.2, 0.25) is 0 Å². The molecule has 0 N–H and O–H groups in total. The molecule has 1 aromatic heterocycles. The Bertz CT molecular complexity index is 244. The summed E-state index contributed by atoms with van der Waals surface area (Å²) in [6.45, 7) is 1.50. The maximum absolute atomic E-state index is 5.18. The third-order valence-corrected chi connectivity index (χ3v) is 2.02. The molecule has 0 amide bonds. The molecule has 0 saturated carbocycles. The molecule has 4 nitrogen and oxygen atoms in total. The Morgan fingerprint density at radius 3 is 3.00 bits per heavy atom. The van der Waals surface area contributed by atoms with Crippen LogP contribution in [0, 0.1) is 0 Å². The largest absolute Gasteiger partial charge is 0.381 e. The fourth-order valence-electron chi connectivity index (χ4n) is 1.11. The number of hydrogen-bond acceptors (Lipinski definition) is 4. The number of rotatable bonds is 1. The summed E-state index contributed by atoms with van der Waals surface area (Å²) in [5, 5.41) is 3.64. The van der Waals surface area contributed by atoms with Gasteiger partial charge in [-0.2, -0.15) is 4.98 Å². The van der Waals surface area contributed by atoms with Crippen molar-refractivity contribution in [2.24, 2.45) is 0 Å². The number of halogens is 1. The lowest BCUT2D eigenvalue weighted by atomic mass is 10.1. The molecule has 0 spiro atoms. The minimum Gasteiger partial charge on any atom is -0.381 e. The van der Waals surface area contributed by atoms with E-state index >= 15 is 0 Å². The van der Waals surface area contributed by atoms with Gasteiger partial charge in [0.05, 0.1) is 12.5 Å². The standard InChI is InChI=1S/C6H7BrN2O2/c7-6-8-5(11-9-6)4-1-2-10-3-4/h4H,1-3H2. The van der Waals surface area contributed by atoms with E-state index in [-0.39, 0.29) is 0 Å². The molecule has 1 saturated heterocycles. The van der Waals surface area contributed by atoms with Gasteiger partial charge < -0.3 is 9.26 Å². The molecule has 0 bridgehead atoms. The van der Waals surface area contributed by atoms with Crippen LogP contribution in [0.4, 0.5) is 0 Å². The zero-order chi connectivity index (χ0) is 7.68. The van der Waals surface area contributed by atoms with Crippen LogP contribution in [0.5, 0.6) is 0 Å². The van der Waals surface area contributed by atoms with Crippen molar-refractivity contribution in [3.8, 4) is 0 Å². The summed E-state index contributed by atoms with van der Waals surface area (Å²) in [6.07, 6.45) is 0.981. The van der Waals surface area contributed by atoms with Crippen molar-refractivity contribution in [3.63, 3.8) is 0 Å². The average molecular weight is 219 g/mol. The van der Waals surface area contributed by atoms with Crippen LogP contribution in [0.25, 0.3) is 0 Å². The molecule has 1 aliphatic heterocycles. The Morgan fingerprint density at radius 2 is 2.45 bits per heavy atom.